The lowest BCUT2D eigenvalue weighted by Crippen LogP contribution is -2.11. The monoisotopic (exact) mass is 218 g/mol. The largest absolute Gasteiger partial charge is 0.384 e. The van der Waals surface area contributed by atoms with E-state index in [-0.39, 0.29) is 5.69 Å². The van der Waals surface area contributed by atoms with Crippen molar-refractivity contribution in [2.45, 2.75) is 0 Å². The number of nitrogen functional groups attached to an aromatic ring is 1. The minimum absolute atomic E-state index is 0.0752. The van der Waals surface area contributed by atoms with Crippen LogP contribution in [0, 0.1) is 0 Å². The third-order valence-electron chi connectivity index (χ3n) is 2.16. The quantitative estimate of drug-likeness (QED) is 0.643. The SMILES string of the molecule is NOC(=O)c1n[nH]c(N)c1-c1ccccc1. The molecule has 0 radical (unpaired) electrons. The Bertz CT molecular complexity index is 507. The van der Waals surface area contributed by atoms with E-state index in [1.54, 1.807) is 0 Å². The van der Waals surface area contributed by atoms with Crippen LogP contribution in [0.2, 0.25) is 0 Å². The molecule has 0 saturated heterocycles. The summed E-state index contributed by atoms with van der Waals surface area (Å²) >= 11 is 0. The number of nitrogens with zero attached hydrogens (tertiary/aromatic N) is 1. The van der Waals surface area contributed by atoms with Gasteiger partial charge in [0.05, 0.1) is 5.56 Å². The van der Waals surface area contributed by atoms with Crippen molar-refractivity contribution < 1.29 is 9.63 Å². The molecule has 16 heavy (non-hydrogen) atoms. The third-order valence-corrected chi connectivity index (χ3v) is 2.16. The number of nitrogens with one attached hydrogen (secondary N) is 1. The topological polar surface area (TPSA) is 107 Å². The van der Waals surface area contributed by atoms with Crippen molar-refractivity contribution in [3.05, 3.63) is 36.0 Å². The maximum atomic E-state index is 11.3. The van der Waals surface area contributed by atoms with Gasteiger partial charge >= 0.3 is 5.97 Å². The van der Waals surface area contributed by atoms with Gasteiger partial charge in [-0.2, -0.15) is 11.0 Å². The molecule has 0 aliphatic carbocycles. The molecule has 2 aromatic rings. The molecule has 0 aliphatic rings. The standard InChI is InChI=1S/C10H10N4O2/c11-9-7(6-4-2-1-3-5-6)8(13-14-9)10(15)16-12/h1-5H,12H2,(H3,11,13,14). The van der Waals surface area contributed by atoms with Gasteiger partial charge in [-0.1, -0.05) is 30.3 Å². The van der Waals surface area contributed by atoms with Crippen molar-refractivity contribution in [1.82, 2.24) is 10.2 Å². The number of nitrogens with two attached hydrogens (primary N) is 2. The Kier molecular flexibility index (Phi) is 2.57. The van der Waals surface area contributed by atoms with Crippen LogP contribution in [0.15, 0.2) is 30.3 Å². The van der Waals surface area contributed by atoms with Crippen molar-refractivity contribution >= 4 is 11.8 Å². The second-order valence-corrected chi connectivity index (χ2v) is 3.13. The van der Waals surface area contributed by atoms with Gasteiger partial charge in [0.25, 0.3) is 0 Å². The molecular formula is C10H10N4O2. The number of carbonyl (C=O) groups excluding carboxylic acids is 1. The Morgan fingerprint density at radius 3 is 2.62 bits per heavy atom. The van der Waals surface area contributed by atoms with Gasteiger partial charge in [0, 0.05) is 0 Å². The van der Waals surface area contributed by atoms with Crippen molar-refractivity contribution in [1.29, 1.82) is 0 Å². The van der Waals surface area contributed by atoms with E-state index < -0.39 is 5.97 Å². The van der Waals surface area contributed by atoms with Crippen LogP contribution in [0.4, 0.5) is 5.82 Å². The normalized spacial score (nSPS) is 10.1. The highest BCUT2D eigenvalue weighted by Gasteiger charge is 2.20. The lowest BCUT2D eigenvalue weighted by molar-refractivity contribution is 0.0497. The molecule has 1 aromatic carbocycles. The van der Waals surface area contributed by atoms with E-state index in [1.165, 1.54) is 0 Å². The first-order valence-electron chi connectivity index (χ1n) is 4.54. The zero-order valence-corrected chi connectivity index (χ0v) is 8.31. The molecule has 0 spiro atoms. The Labute approximate surface area is 91.2 Å². The van der Waals surface area contributed by atoms with Crippen LogP contribution in [0.25, 0.3) is 11.1 Å². The molecule has 1 heterocycles. The number of aromatic amines is 1. The summed E-state index contributed by atoms with van der Waals surface area (Å²) in [5.41, 5.74) is 7.04. The first-order valence-corrected chi connectivity index (χ1v) is 4.54. The maximum Gasteiger partial charge on any atom is 0.378 e. The van der Waals surface area contributed by atoms with Crippen LogP contribution >= 0.6 is 0 Å². The summed E-state index contributed by atoms with van der Waals surface area (Å²) in [4.78, 5) is 15.5. The summed E-state index contributed by atoms with van der Waals surface area (Å²) in [6.45, 7) is 0. The Morgan fingerprint density at radius 2 is 2.00 bits per heavy atom. The van der Waals surface area contributed by atoms with Crippen molar-refractivity contribution in [3.8, 4) is 11.1 Å². The smallest absolute Gasteiger partial charge is 0.378 e. The predicted molar refractivity (Wildman–Crippen MR) is 58.0 cm³/mol. The van der Waals surface area contributed by atoms with Gasteiger partial charge in [-0.25, -0.2) is 4.79 Å². The summed E-state index contributed by atoms with van der Waals surface area (Å²) in [6.07, 6.45) is 0. The molecule has 0 saturated carbocycles. The molecule has 0 bridgehead atoms. The van der Waals surface area contributed by atoms with E-state index >= 15 is 0 Å². The third kappa shape index (κ3) is 1.61. The van der Waals surface area contributed by atoms with Crippen LogP contribution < -0.4 is 11.6 Å². The molecule has 5 N–H and O–H groups in total. The summed E-state index contributed by atoms with van der Waals surface area (Å²) in [5.74, 6) is 4.38. The van der Waals surface area contributed by atoms with Gasteiger partial charge in [-0.05, 0) is 5.56 Å². The molecule has 0 fully saturated rings. The molecule has 0 aliphatic heterocycles. The van der Waals surface area contributed by atoms with Crippen LogP contribution in [-0.2, 0) is 4.84 Å². The van der Waals surface area contributed by atoms with Gasteiger partial charge in [0.1, 0.15) is 5.82 Å². The van der Waals surface area contributed by atoms with Crippen LogP contribution in [0.1, 0.15) is 10.5 Å². The minimum Gasteiger partial charge on any atom is -0.384 e. The number of anilines is 1. The van der Waals surface area contributed by atoms with Crippen LogP contribution in [0.5, 0.6) is 0 Å². The summed E-state index contributed by atoms with van der Waals surface area (Å²) in [6, 6.07) is 9.16. The van der Waals surface area contributed by atoms with Gasteiger partial charge in [0.15, 0.2) is 5.69 Å². The summed E-state index contributed by atoms with van der Waals surface area (Å²) in [5, 5.41) is 6.28. The highest BCUT2D eigenvalue weighted by molar-refractivity contribution is 5.98. The molecule has 0 amide bonds. The number of carbonyl (C=O) groups is 1. The van der Waals surface area contributed by atoms with Gasteiger partial charge in [-0.15, -0.1) is 0 Å². The number of hydrogen-bond donors (Lipinski definition) is 3. The van der Waals surface area contributed by atoms with E-state index in [9.17, 15) is 4.79 Å². The Morgan fingerprint density at radius 1 is 1.31 bits per heavy atom. The summed E-state index contributed by atoms with van der Waals surface area (Å²) < 4.78 is 0. The van der Waals surface area contributed by atoms with Crippen molar-refractivity contribution in [2.75, 3.05) is 5.73 Å². The molecule has 82 valence electrons. The van der Waals surface area contributed by atoms with E-state index in [4.69, 9.17) is 11.6 Å². The predicted octanol–water partition coefficient (Wildman–Crippen LogP) is 0.689. The minimum atomic E-state index is -0.730. The number of aromatic nitrogens is 2. The average Bonchev–Trinajstić information content (AvgIpc) is 2.71. The first kappa shape index (κ1) is 10.2. The van der Waals surface area contributed by atoms with Crippen molar-refractivity contribution in [3.63, 3.8) is 0 Å². The number of rotatable bonds is 2. The number of benzene rings is 1. The van der Waals surface area contributed by atoms with E-state index in [0.29, 0.717) is 11.4 Å². The van der Waals surface area contributed by atoms with E-state index in [1.807, 2.05) is 30.3 Å². The molecule has 0 unspecified atom stereocenters. The van der Waals surface area contributed by atoms with E-state index in [0.717, 1.165) is 5.56 Å². The molecule has 1 aromatic heterocycles. The lowest BCUT2D eigenvalue weighted by Gasteiger charge is -2.01. The summed E-state index contributed by atoms with van der Waals surface area (Å²) in [7, 11) is 0. The number of H-pyrrole nitrogens is 1. The first-order chi connectivity index (χ1) is 7.74. The molecule has 0 atom stereocenters. The fraction of sp³-hybridized carbons (Fsp3) is 0. The zero-order chi connectivity index (χ0) is 11.5. The molecule has 6 heteroatoms. The van der Waals surface area contributed by atoms with Crippen LogP contribution in [-0.4, -0.2) is 16.2 Å². The molecule has 2 rings (SSSR count). The van der Waals surface area contributed by atoms with Gasteiger partial charge in [-0.3, -0.25) is 5.10 Å². The van der Waals surface area contributed by atoms with E-state index in [2.05, 4.69) is 15.0 Å². The lowest BCUT2D eigenvalue weighted by atomic mass is 10.1. The average molecular weight is 218 g/mol. The molecule has 6 nitrogen and oxygen atoms in total. The van der Waals surface area contributed by atoms with Gasteiger partial charge in [0.2, 0.25) is 0 Å². The Balaban J connectivity index is 2.56. The maximum absolute atomic E-state index is 11.3. The highest BCUT2D eigenvalue weighted by atomic mass is 16.7. The fourth-order valence-corrected chi connectivity index (χ4v) is 1.46. The number of hydrogen-bond acceptors (Lipinski definition) is 5. The highest BCUT2D eigenvalue weighted by Crippen LogP contribution is 2.27. The van der Waals surface area contributed by atoms with Crippen LogP contribution in [0.3, 0.4) is 0 Å². The van der Waals surface area contributed by atoms with Crippen molar-refractivity contribution in [2.24, 2.45) is 5.90 Å². The fourth-order valence-electron chi connectivity index (χ4n) is 1.46. The Hall–Kier alpha value is -2.34. The second-order valence-electron chi connectivity index (χ2n) is 3.13. The zero-order valence-electron chi connectivity index (χ0n) is 8.31. The molecular weight excluding hydrogens is 208 g/mol. The van der Waals surface area contributed by atoms with Gasteiger partial charge < -0.3 is 10.6 Å². The second kappa shape index (κ2) is 4.03.